The zero-order valence-electron chi connectivity index (χ0n) is 16.0. The van der Waals surface area contributed by atoms with Crippen LogP contribution in [0.15, 0.2) is 47.0 Å². The van der Waals surface area contributed by atoms with E-state index in [-0.39, 0.29) is 18.0 Å². The zero-order chi connectivity index (χ0) is 19.0. The fourth-order valence-electron chi connectivity index (χ4n) is 3.78. The van der Waals surface area contributed by atoms with E-state index in [1.807, 2.05) is 32.9 Å². The second-order valence-corrected chi connectivity index (χ2v) is 7.52. The van der Waals surface area contributed by atoms with Crippen LogP contribution >= 0.6 is 0 Å². The Hall–Kier alpha value is -2.66. The number of benzene rings is 2. The van der Waals surface area contributed by atoms with Gasteiger partial charge in [0.25, 0.3) is 0 Å². The van der Waals surface area contributed by atoms with Gasteiger partial charge in [-0.2, -0.15) is 0 Å². The molecule has 1 aliphatic heterocycles. The third-order valence-corrected chi connectivity index (χ3v) is 5.26. The molecule has 27 heavy (non-hydrogen) atoms. The Balaban J connectivity index is 1.67. The van der Waals surface area contributed by atoms with Gasteiger partial charge in [-0.15, -0.1) is 0 Å². The number of fused-ring (bicyclic) bond motifs is 2. The van der Waals surface area contributed by atoms with Crippen molar-refractivity contribution in [3.05, 3.63) is 53.8 Å². The Morgan fingerprint density at radius 3 is 2.74 bits per heavy atom. The molecular weight excluding hydrogens is 338 g/mol. The van der Waals surface area contributed by atoms with Gasteiger partial charge in [0.05, 0.1) is 6.04 Å². The molecule has 0 unspecified atom stereocenters. The van der Waals surface area contributed by atoms with Gasteiger partial charge in [0.2, 0.25) is 5.91 Å². The van der Waals surface area contributed by atoms with Gasteiger partial charge in [-0.25, -0.2) is 0 Å². The summed E-state index contributed by atoms with van der Waals surface area (Å²) in [5.41, 5.74) is 3.07. The lowest BCUT2D eigenvalue weighted by Gasteiger charge is -2.31. The Kier molecular flexibility index (Phi) is 4.70. The van der Waals surface area contributed by atoms with Crippen molar-refractivity contribution in [2.24, 2.45) is 0 Å². The van der Waals surface area contributed by atoms with E-state index in [0.29, 0.717) is 6.54 Å². The average molecular weight is 363 g/mol. The van der Waals surface area contributed by atoms with Gasteiger partial charge in [-0.3, -0.25) is 9.69 Å². The van der Waals surface area contributed by atoms with E-state index >= 15 is 0 Å². The Labute approximate surface area is 159 Å². The quantitative estimate of drug-likeness (QED) is 0.767. The van der Waals surface area contributed by atoms with E-state index in [4.69, 9.17) is 4.52 Å². The molecule has 2 heterocycles. The summed E-state index contributed by atoms with van der Waals surface area (Å²) in [6.45, 7) is 7.40. The number of aromatic nitrogens is 1. The molecule has 0 bridgehead atoms. The number of amides is 1. The number of nitrogens with zero attached hydrogens (tertiary/aromatic N) is 2. The SMILES string of the molecule is CC(C)NC(=O)[C@@H](C)N1CCc2onc(-c3cccc4ccccc34)c2C1. The summed E-state index contributed by atoms with van der Waals surface area (Å²) in [5, 5.41) is 9.76. The second-order valence-electron chi connectivity index (χ2n) is 7.52. The number of carbonyl (C=O) groups excluding carboxylic acids is 1. The summed E-state index contributed by atoms with van der Waals surface area (Å²) in [6, 6.07) is 14.5. The van der Waals surface area contributed by atoms with Crippen molar-refractivity contribution in [3.8, 4) is 11.3 Å². The predicted octanol–water partition coefficient (Wildman–Crippen LogP) is 3.77. The lowest BCUT2D eigenvalue weighted by atomic mass is 9.96. The van der Waals surface area contributed by atoms with Gasteiger partial charge in [-0.1, -0.05) is 47.6 Å². The van der Waals surface area contributed by atoms with Crippen LogP contribution in [0, 0.1) is 0 Å². The molecule has 1 atom stereocenters. The molecule has 0 aliphatic carbocycles. The van der Waals surface area contributed by atoms with Crippen molar-refractivity contribution in [2.75, 3.05) is 6.54 Å². The lowest BCUT2D eigenvalue weighted by Crippen LogP contribution is -2.48. The maximum absolute atomic E-state index is 12.4. The largest absolute Gasteiger partial charge is 0.360 e. The summed E-state index contributed by atoms with van der Waals surface area (Å²) in [5.74, 6) is 1.00. The van der Waals surface area contributed by atoms with Crippen LogP contribution in [-0.4, -0.2) is 34.6 Å². The summed E-state index contributed by atoms with van der Waals surface area (Å²) in [7, 11) is 0. The van der Waals surface area contributed by atoms with Crippen LogP contribution in [0.5, 0.6) is 0 Å². The van der Waals surface area contributed by atoms with Crippen LogP contribution in [-0.2, 0) is 17.8 Å². The number of hydrogen-bond acceptors (Lipinski definition) is 4. The standard InChI is InChI=1S/C22H25N3O2/c1-14(2)23-22(26)15(3)25-12-11-20-19(13-25)21(24-27-20)18-10-6-8-16-7-4-5-9-17(16)18/h4-10,14-15H,11-13H2,1-3H3,(H,23,26)/t15-/m1/s1. The fraction of sp³-hybridized carbons (Fsp3) is 0.364. The number of hydrogen-bond donors (Lipinski definition) is 1. The van der Waals surface area contributed by atoms with E-state index in [2.05, 4.69) is 45.7 Å². The molecular formula is C22H25N3O2. The molecule has 1 amide bonds. The summed E-state index contributed by atoms with van der Waals surface area (Å²) in [4.78, 5) is 14.6. The first-order valence-corrected chi connectivity index (χ1v) is 9.54. The number of carbonyl (C=O) groups is 1. The first-order valence-electron chi connectivity index (χ1n) is 9.54. The minimum absolute atomic E-state index is 0.0663. The molecule has 140 valence electrons. The third-order valence-electron chi connectivity index (χ3n) is 5.26. The molecule has 0 radical (unpaired) electrons. The topological polar surface area (TPSA) is 58.4 Å². The van der Waals surface area contributed by atoms with Crippen molar-refractivity contribution < 1.29 is 9.32 Å². The van der Waals surface area contributed by atoms with Crippen molar-refractivity contribution >= 4 is 16.7 Å². The van der Waals surface area contributed by atoms with E-state index in [0.717, 1.165) is 35.5 Å². The van der Waals surface area contributed by atoms with Gasteiger partial charge in [0, 0.05) is 36.7 Å². The minimum Gasteiger partial charge on any atom is -0.360 e. The highest BCUT2D eigenvalue weighted by molar-refractivity contribution is 5.96. The van der Waals surface area contributed by atoms with Gasteiger partial charge in [-0.05, 0) is 31.5 Å². The van der Waals surface area contributed by atoms with Crippen LogP contribution < -0.4 is 5.32 Å². The van der Waals surface area contributed by atoms with Gasteiger partial charge < -0.3 is 9.84 Å². The monoisotopic (exact) mass is 363 g/mol. The van der Waals surface area contributed by atoms with E-state index in [9.17, 15) is 4.79 Å². The van der Waals surface area contributed by atoms with Crippen molar-refractivity contribution in [1.82, 2.24) is 15.4 Å². The summed E-state index contributed by atoms with van der Waals surface area (Å²) < 4.78 is 5.67. The van der Waals surface area contributed by atoms with Crippen LogP contribution in [0.4, 0.5) is 0 Å². The fourth-order valence-corrected chi connectivity index (χ4v) is 3.78. The maximum atomic E-state index is 12.4. The van der Waals surface area contributed by atoms with Gasteiger partial charge in [0.1, 0.15) is 11.5 Å². The Morgan fingerprint density at radius 1 is 1.15 bits per heavy atom. The minimum atomic E-state index is -0.184. The summed E-state index contributed by atoms with van der Waals surface area (Å²) >= 11 is 0. The second kappa shape index (κ2) is 7.16. The average Bonchev–Trinajstić information content (AvgIpc) is 3.09. The van der Waals surface area contributed by atoms with Crippen LogP contribution in [0.2, 0.25) is 0 Å². The lowest BCUT2D eigenvalue weighted by molar-refractivity contribution is -0.126. The van der Waals surface area contributed by atoms with Gasteiger partial charge >= 0.3 is 0 Å². The normalized spacial score (nSPS) is 15.7. The van der Waals surface area contributed by atoms with Crippen LogP contribution in [0.1, 0.15) is 32.1 Å². The molecule has 1 N–H and O–H groups in total. The highest BCUT2D eigenvalue weighted by Gasteiger charge is 2.30. The maximum Gasteiger partial charge on any atom is 0.237 e. The molecule has 0 fully saturated rings. The molecule has 1 aliphatic rings. The first kappa shape index (κ1) is 17.7. The number of nitrogens with one attached hydrogen (secondary N) is 1. The van der Waals surface area contributed by atoms with E-state index in [1.54, 1.807) is 0 Å². The van der Waals surface area contributed by atoms with Gasteiger partial charge in [0.15, 0.2) is 0 Å². The van der Waals surface area contributed by atoms with Crippen molar-refractivity contribution in [2.45, 2.75) is 45.8 Å². The molecule has 0 saturated heterocycles. The summed E-state index contributed by atoms with van der Waals surface area (Å²) in [6.07, 6.45) is 0.770. The Morgan fingerprint density at radius 2 is 1.93 bits per heavy atom. The molecule has 5 nitrogen and oxygen atoms in total. The van der Waals surface area contributed by atoms with Crippen molar-refractivity contribution in [1.29, 1.82) is 0 Å². The highest BCUT2D eigenvalue weighted by Crippen LogP contribution is 2.34. The highest BCUT2D eigenvalue weighted by atomic mass is 16.5. The molecule has 0 saturated carbocycles. The molecule has 0 spiro atoms. The number of rotatable bonds is 4. The van der Waals surface area contributed by atoms with E-state index in [1.165, 1.54) is 10.8 Å². The smallest absolute Gasteiger partial charge is 0.237 e. The molecule has 2 aromatic carbocycles. The molecule has 1 aromatic heterocycles. The molecule has 4 rings (SSSR count). The molecule has 5 heteroatoms. The van der Waals surface area contributed by atoms with Crippen LogP contribution in [0.25, 0.3) is 22.0 Å². The third kappa shape index (κ3) is 3.35. The zero-order valence-corrected chi connectivity index (χ0v) is 16.0. The predicted molar refractivity (Wildman–Crippen MR) is 106 cm³/mol. The van der Waals surface area contributed by atoms with E-state index < -0.39 is 0 Å². The molecule has 3 aromatic rings. The Bertz CT molecular complexity index is 971. The first-order chi connectivity index (χ1) is 13.0. The van der Waals surface area contributed by atoms with Crippen LogP contribution in [0.3, 0.4) is 0 Å². The van der Waals surface area contributed by atoms with Crippen molar-refractivity contribution in [3.63, 3.8) is 0 Å².